The molecule has 0 aromatic carbocycles. The summed E-state index contributed by atoms with van der Waals surface area (Å²) in [7, 11) is 0. The predicted octanol–water partition coefficient (Wildman–Crippen LogP) is 2.83. The van der Waals surface area contributed by atoms with E-state index in [0.717, 1.165) is 18.0 Å². The minimum absolute atomic E-state index is 0.454. The van der Waals surface area contributed by atoms with Crippen molar-refractivity contribution in [3.63, 3.8) is 0 Å². The van der Waals surface area contributed by atoms with E-state index >= 15 is 0 Å². The van der Waals surface area contributed by atoms with Crippen LogP contribution in [0.5, 0.6) is 0 Å². The van der Waals surface area contributed by atoms with Gasteiger partial charge in [-0.1, -0.05) is 25.7 Å². The molecule has 2 saturated carbocycles. The minimum atomic E-state index is 0.454. The van der Waals surface area contributed by atoms with Crippen LogP contribution in [0, 0.1) is 5.92 Å². The molecule has 3 unspecified atom stereocenters. The summed E-state index contributed by atoms with van der Waals surface area (Å²) in [5.74, 6) is 0.993. The number of nitrogens with one attached hydrogen (secondary N) is 2. The van der Waals surface area contributed by atoms with Gasteiger partial charge in [0.15, 0.2) is 0 Å². The summed E-state index contributed by atoms with van der Waals surface area (Å²) in [6.45, 7) is 3.62. The Bertz CT molecular complexity index is 244. The first-order chi connectivity index (χ1) is 8.25. The van der Waals surface area contributed by atoms with Crippen molar-refractivity contribution in [2.45, 2.75) is 82.3 Å². The molecule has 0 aromatic heterocycles. The maximum Gasteiger partial charge on any atom is 0.0198 e. The fourth-order valence-corrected chi connectivity index (χ4v) is 4.29. The van der Waals surface area contributed by atoms with Crippen molar-refractivity contribution in [2.24, 2.45) is 5.92 Å². The Balaban J connectivity index is 1.47. The van der Waals surface area contributed by atoms with E-state index in [1.165, 1.54) is 64.3 Å². The minimum Gasteiger partial charge on any atom is -0.310 e. The Morgan fingerprint density at radius 1 is 1.12 bits per heavy atom. The van der Waals surface area contributed by atoms with E-state index in [0.29, 0.717) is 5.54 Å². The summed E-state index contributed by atoms with van der Waals surface area (Å²) in [5.41, 5.74) is 0.454. The van der Waals surface area contributed by atoms with Gasteiger partial charge in [0.2, 0.25) is 0 Å². The van der Waals surface area contributed by atoms with Crippen molar-refractivity contribution >= 4 is 0 Å². The topological polar surface area (TPSA) is 24.1 Å². The lowest BCUT2D eigenvalue weighted by Crippen LogP contribution is -2.46. The average Bonchev–Trinajstić information content (AvgIpc) is 2.93. The van der Waals surface area contributed by atoms with Crippen LogP contribution in [0.15, 0.2) is 0 Å². The zero-order chi connectivity index (χ0) is 11.7. The molecule has 2 heteroatoms. The second-order valence-electron chi connectivity index (χ2n) is 6.90. The Hall–Kier alpha value is -0.0800. The van der Waals surface area contributed by atoms with E-state index in [9.17, 15) is 0 Å². The Morgan fingerprint density at radius 2 is 1.88 bits per heavy atom. The third kappa shape index (κ3) is 2.68. The highest BCUT2D eigenvalue weighted by Gasteiger charge is 2.36. The quantitative estimate of drug-likeness (QED) is 0.787. The first kappa shape index (κ1) is 12.0. The van der Waals surface area contributed by atoms with Crippen LogP contribution in [-0.2, 0) is 0 Å². The SMILES string of the molecule is CC1(NCC2CC3CCCCC3N2)CCCC1. The van der Waals surface area contributed by atoms with Gasteiger partial charge < -0.3 is 10.6 Å². The molecule has 3 atom stereocenters. The van der Waals surface area contributed by atoms with Crippen molar-refractivity contribution < 1.29 is 0 Å². The smallest absolute Gasteiger partial charge is 0.0198 e. The molecule has 2 nitrogen and oxygen atoms in total. The third-order valence-electron chi connectivity index (χ3n) is 5.43. The fraction of sp³-hybridized carbons (Fsp3) is 1.00. The zero-order valence-corrected chi connectivity index (χ0v) is 11.3. The van der Waals surface area contributed by atoms with Gasteiger partial charge in [0.25, 0.3) is 0 Å². The number of hydrogen-bond acceptors (Lipinski definition) is 2. The highest BCUT2D eigenvalue weighted by Crippen LogP contribution is 2.34. The number of hydrogen-bond donors (Lipinski definition) is 2. The van der Waals surface area contributed by atoms with Crippen LogP contribution < -0.4 is 10.6 Å². The van der Waals surface area contributed by atoms with Crippen molar-refractivity contribution in [3.05, 3.63) is 0 Å². The molecule has 0 spiro atoms. The van der Waals surface area contributed by atoms with E-state index in [4.69, 9.17) is 0 Å². The lowest BCUT2D eigenvalue weighted by atomic mass is 9.85. The normalized spacial score (nSPS) is 40.4. The van der Waals surface area contributed by atoms with Gasteiger partial charge in [-0.15, -0.1) is 0 Å². The monoisotopic (exact) mass is 236 g/mol. The zero-order valence-electron chi connectivity index (χ0n) is 11.3. The summed E-state index contributed by atoms with van der Waals surface area (Å²) in [4.78, 5) is 0. The Kier molecular flexibility index (Phi) is 3.45. The lowest BCUT2D eigenvalue weighted by molar-refractivity contribution is 0.325. The summed E-state index contributed by atoms with van der Waals surface area (Å²) < 4.78 is 0. The summed E-state index contributed by atoms with van der Waals surface area (Å²) in [6, 6.07) is 1.60. The summed E-state index contributed by atoms with van der Waals surface area (Å²) in [6.07, 6.45) is 12.9. The highest BCUT2D eigenvalue weighted by molar-refractivity contribution is 4.96. The lowest BCUT2D eigenvalue weighted by Gasteiger charge is -2.27. The van der Waals surface area contributed by atoms with E-state index < -0.39 is 0 Å². The molecule has 2 aliphatic carbocycles. The van der Waals surface area contributed by atoms with Gasteiger partial charge in [0, 0.05) is 24.2 Å². The van der Waals surface area contributed by atoms with E-state index in [2.05, 4.69) is 17.6 Å². The van der Waals surface area contributed by atoms with Gasteiger partial charge in [0.05, 0.1) is 0 Å². The second kappa shape index (κ2) is 4.89. The molecule has 0 radical (unpaired) electrons. The molecule has 1 heterocycles. The highest BCUT2D eigenvalue weighted by atomic mass is 15.1. The van der Waals surface area contributed by atoms with Crippen LogP contribution >= 0.6 is 0 Å². The Labute approximate surface area is 106 Å². The molecule has 3 rings (SSSR count). The molecule has 98 valence electrons. The van der Waals surface area contributed by atoms with E-state index in [1.54, 1.807) is 0 Å². The number of rotatable bonds is 3. The first-order valence-electron chi connectivity index (χ1n) is 7.76. The molecular weight excluding hydrogens is 208 g/mol. The van der Waals surface area contributed by atoms with Gasteiger partial charge in [-0.05, 0) is 44.9 Å². The molecule has 1 saturated heterocycles. The second-order valence-corrected chi connectivity index (χ2v) is 6.90. The maximum atomic E-state index is 3.87. The van der Waals surface area contributed by atoms with Crippen LogP contribution in [0.1, 0.15) is 64.7 Å². The van der Waals surface area contributed by atoms with Gasteiger partial charge in [-0.2, -0.15) is 0 Å². The number of fused-ring (bicyclic) bond motifs is 1. The van der Waals surface area contributed by atoms with Crippen LogP contribution in [-0.4, -0.2) is 24.2 Å². The Morgan fingerprint density at radius 3 is 2.65 bits per heavy atom. The van der Waals surface area contributed by atoms with Crippen LogP contribution in [0.4, 0.5) is 0 Å². The van der Waals surface area contributed by atoms with Gasteiger partial charge in [-0.3, -0.25) is 0 Å². The fourth-order valence-electron chi connectivity index (χ4n) is 4.29. The largest absolute Gasteiger partial charge is 0.310 e. The van der Waals surface area contributed by atoms with Crippen molar-refractivity contribution in [1.29, 1.82) is 0 Å². The molecular formula is C15H28N2. The predicted molar refractivity (Wildman–Crippen MR) is 72.2 cm³/mol. The standard InChI is InChI=1S/C15H28N2/c1-15(8-4-5-9-15)16-11-13-10-12-6-2-3-7-14(12)17-13/h12-14,16-17H,2-11H2,1H3. The molecule has 0 bridgehead atoms. The van der Waals surface area contributed by atoms with Crippen molar-refractivity contribution in [3.8, 4) is 0 Å². The van der Waals surface area contributed by atoms with E-state index in [1.807, 2.05) is 0 Å². The molecule has 3 fully saturated rings. The average molecular weight is 236 g/mol. The van der Waals surface area contributed by atoms with Crippen molar-refractivity contribution in [2.75, 3.05) is 6.54 Å². The summed E-state index contributed by atoms with van der Waals surface area (Å²) in [5, 5.41) is 7.72. The van der Waals surface area contributed by atoms with Crippen molar-refractivity contribution in [1.82, 2.24) is 10.6 Å². The molecule has 0 amide bonds. The molecule has 17 heavy (non-hydrogen) atoms. The van der Waals surface area contributed by atoms with Crippen LogP contribution in [0.2, 0.25) is 0 Å². The maximum absolute atomic E-state index is 3.87. The summed E-state index contributed by atoms with van der Waals surface area (Å²) >= 11 is 0. The van der Waals surface area contributed by atoms with Gasteiger partial charge >= 0.3 is 0 Å². The van der Waals surface area contributed by atoms with Crippen LogP contribution in [0.3, 0.4) is 0 Å². The van der Waals surface area contributed by atoms with Crippen LogP contribution in [0.25, 0.3) is 0 Å². The molecule has 3 aliphatic rings. The van der Waals surface area contributed by atoms with Gasteiger partial charge in [-0.25, -0.2) is 0 Å². The first-order valence-corrected chi connectivity index (χ1v) is 7.76. The van der Waals surface area contributed by atoms with Gasteiger partial charge in [0.1, 0.15) is 0 Å². The molecule has 0 aromatic rings. The molecule has 1 aliphatic heterocycles. The third-order valence-corrected chi connectivity index (χ3v) is 5.43. The van der Waals surface area contributed by atoms with E-state index in [-0.39, 0.29) is 0 Å². The molecule has 2 N–H and O–H groups in total.